The summed E-state index contributed by atoms with van der Waals surface area (Å²) < 4.78 is 6.67. The first kappa shape index (κ1) is 16.9. The molecule has 128 valence electrons. The lowest BCUT2D eigenvalue weighted by atomic mass is 10.1. The second-order valence-electron chi connectivity index (χ2n) is 5.84. The molecular weight excluding hydrogens is 316 g/mol. The number of nitrogens with zero attached hydrogens (tertiary/aromatic N) is 2. The van der Waals surface area contributed by atoms with E-state index in [-0.39, 0.29) is 5.56 Å². The minimum Gasteiger partial charge on any atom is -0.464 e. The second-order valence-corrected chi connectivity index (χ2v) is 5.84. The van der Waals surface area contributed by atoms with Crippen LogP contribution in [0.4, 0.5) is 0 Å². The molecule has 25 heavy (non-hydrogen) atoms. The van der Waals surface area contributed by atoms with E-state index in [9.17, 15) is 9.59 Å². The maximum absolute atomic E-state index is 13.1. The van der Waals surface area contributed by atoms with Crippen LogP contribution in [-0.2, 0) is 9.53 Å². The van der Waals surface area contributed by atoms with Gasteiger partial charge in [0.15, 0.2) is 0 Å². The molecule has 0 unspecified atom stereocenters. The van der Waals surface area contributed by atoms with Gasteiger partial charge in [-0.05, 0) is 25.5 Å². The third kappa shape index (κ3) is 3.31. The molecule has 1 aromatic heterocycles. The summed E-state index contributed by atoms with van der Waals surface area (Å²) in [6.45, 7) is 3.93. The highest BCUT2D eigenvalue weighted by atomic mass is 16.5. The van der Waals surface area contributed by atoms with Gasteiger partial charge < -0.3 is 4.74 Å². The summed E-state index contributed by atoms with van der Waals surface area (Å²) in [5, 5.41) is 0.484. The van der Waals surface area contributed by atoms with Crippen LogP contribution in [0.25, 0.3) is 22.3 Å². The summed E-state index contributed by atoms with van der Waals surface area (Å²) in [4.78, 5) is 30.1. The average molecular weight is 336 g/mol. The highest BCUT2D eigenvalue weighted by molar-refractivity contribution is 5.81. The Kier molecular flexibility index (Phi) is 4.93. The van der Waals surface area contributed by atoms with Crippen LogP contribution in [0, 0.1) is 0 Å². The van der Waals surface area contributed by atoms with E-state index in [1.165, 1.54) is 4.57 Å². The van der Waals surface area contributed by atoms with Crippen molar-refractivity contribution < 1.29 is 9.53 Å². The summed E-state index contributed by atoms with van der Waals surface area (Å²) in [5.41, 5.74) is 1.14. The van der Waals surface area contributed by atoms with Crippen molar-refractivity contribution in [2.24, 2.45) is 0 Å². The fraction of sp³-hybridized carbons (Fsp3) is 0.250. The summed E-state index contributed by atoms with van der Waals surface area (Å²) in [7, 11) is 0. The van der Waals surface area contributed by atoms with Crippen LogP contribution in [0.2, 0.25) is 0 Å². The van der Waals surface area contributed by atoms with E-state index in [1.54, 1.807) is 25.1 Å². The summed E-state index contributed by atoms with van der Waals surface area (Å²) in [6, 6.07) is 15.8. The molecule has 3 aromatic rings. The Morgan fingerprint density at radius 3 is 2.52 bits per heavy atom. The van der Waals surface area contributed by atoms with Crippen molar-refractivity contribution in [2.75, 3.05) is 6.61 Å². The zero-order chi connectivity index (χ0) is 17.8. The van der Waals surface area contributed by atoms with Gasteiger partial charge in [-0.3, -0.25) is 9.36 Å². The molecule has 0 bridgehead atoms. The smallest absolute Gasteiger partial charge is 0.329 e. The minimum atomic E-state index is -0.758. The third-order valence-electron chi connectivity index (χ3n) is 4.02. The van der Waals surface area contributed by atoms with Crippen molar-refractivity contribution in [3.05, 3.63) is 65.0 Å². The lowest BCUT2D eigenvalue weighted by Crippen LogP contribution is -2.31. The molecule has 0 amide bonds. The van der Waals surface area contributed by atoms with Gasteiger partial charge in [0.1, 0.15) is 11.9 Å². The van der Waals surface area contributed by atoms with Crippen molar-refractivity contribution in [2.45, 2.75) is 26.3 Å². The highest BCUT2D eigenvalue weighted by Crippen LogP contribution is 2.22. The van der Waals surface area contributed by atoms with Crippen LogP contribution < -0.4 is 5.56 Å². The van der Waals surface area contributed by atoms with E-state index in [0.717, 1.165) is 12.0 Å². The molecule has 0 aliphatic rings. The number of ether oxygens (including phenoxy) is 1. The molecule has 5 nitrogen and oxygen atoms in total. The lowest BCUT2D eigenvalue weighted by molar-refractivity contribution is -0.147. The Labute approximate surface area is 145 Å². The molecule has 1 atom stereocenters. The molecule has 0 N–H and O–H groups in total. The number of rotatable bonds is 5. The first-order valence-corrected chi connectivity index (χ1v) is 8.36. The Morgan fingerprint density at radius 2 is 1.80 bits per heavy atom. The number of carbonyl (C=O) groups is 1. The molecular formula is C20H20N2O3. The molecule has 0 saturated carbocycles. The third-order valence-corrected chi connectivity index (χ3v) is 4.02. The molecule has 0 fully saturated rings. The van der Waals surface area contributed by atoms with Crippen molar-refractivity contribution in [1.29, 1.82) is 0 Å². The Morgan fingerprint density at radius 1 is 1.12 bits per heavy atom. The molecule has 0 saturated heterocycles. The predicted molar refractivity (Wildman–Crippen MR) is 97.4 cm³/mol. The number of carbonyl (C=O) groups excluding carboxylic acids is 1. The van der Waals surface area contributed by atoms with Gasteiger partial charge in [-0.25, -0.2) is 9.78 Å². The van der Waals surface area contributed by atoms with Crippen molar-refractivity contribution in [3.63, 3.8) is 0 Å². The van der Waals surface area contributed by atoms with E-state index >= 15 is 0 Å². The quantitative estimate of drug-likeness (QED) is 0.668. The highest BCUT2D eigenvalue weighted by Gasteiger charge is 2.23. The Balaban J connectivity index is 2.22. The molecule has 0 spiro atoms. The molecule has 5 heteroatoms. The van der Waals surface area contributed by atoms with E-state index in [0.29, 0.717) is 23.3 Å². The van der Waals surface area contributed by atoms with Gasteiger partial charge >= 0.3 is 5.97 Å². The maximum atomic E-state index is 13.1. The number of esters is 1. The molecule has 0 aliphatic heterocycles. The predicted octanol–water partition coefficient (Wildman–Crippen LogP) is 3.58. The number of benzene rings is 2. The maximum Gasteiger partial charge on any atom is 0.329 e. The van der Waals surface area contributed by atoms with Gasteiger partial charge in [0.05, 0.1) is 17.5 Å². The minimum absolute atomic E-state index is 0.245. The molecule has 0 aliphatic carbocycles. The van der Waals surface area contributed by atoms with E-state index < -0.39 is 12.0 Å². The van der Waals surface area contributed by atoms with Gasteiger partial charge in [-0.1, -0.05) is 49.4 Å². The van der Waals surface area contributed by atoms with Crippen LogP contribution >= 0.6 is 0 Å². The first-order chi connectivity index (χ1) is 12.1. The summed E-state index contributed by atoms with van der Waals surface area (Å²) >= 11 is 0. The van der Waals surface area contributed by atoms with Crippen LogP contribution in [0.15, 0.2) is 59.4 Å². The molecule has 0 radical (unpaired) electrons. The monoisotopic (exact) mass is 336 g/mol. The van der Waals surface area contributed by atoms with Gasteiger partial charge in [0, 0.05) is 5.56 Å². The first-order valence-electron chi connectivity index (χ1n) is 8.36. The second kappa shape index (κ2) is 7.30. The molecule has 2 aromatic carbocycles. The largest absolute Gasteiger partial charge is 0.464 e. The number of para-hydroxylation sites is 1. The fourth-order valence-electron chi connectivity index (χ4n) is 2.72. The number of hydrogen-bond acceptors (Lipinski definition) is 4. The normalized spacial score (nSPS) is 12.1. The number of fused-ring (bicyclic) bond motifs is 1. The van der Waals surface area contributed by atoms with Crippen molar-refractivity contribution in [1.82, 2.24) is 9.55 Å². The van der Waals surface area contributed by atoms with Crippen LogP contribution in [-0.4, -0.2) is 22.1 Å². The Hall–Kier alpha value is -2.95. The molecule has 1 heterocycles. The fourth-order valence-corrected chi connectivity index (χ4v) is 2.72. The van der Waals surface area contributed by atoms with Crippen molar-refractivity contribution in [3.8, 4) is 11.4 Å². The average Bonchev–Trinajstić information content (AvgIpc) is 2.66. The van der Waals surface area contributed by atoms with Gasteiger partial charge in [-0.15, -0.1) is 0 Å². The zero-order valence-corrected chi connectivity index (χ0v) is 14.3. The van der Waals surface area contributed by atoms with Gasteiger partial charge in [0.2, 0.25) is 0 Å². The van der Waals surface area contributed by atoms with Crippen LogP contribution in [0.5, 0.6) is 0 Å². The summed E-state index contributed by atoms with van der Waals surface area (Å²) in [6.07, 6.45) is 0.731. The standard InChI is InChI=1S/C20H20N2O3/c1-3-13-25-20(24)14(2)22-18(15-9-5-4-6-10-15)21-17-12-8-7-11-16(17)19(22)23/h4-12,14H,3,13H2,1-2H3/t14-/m0/s1. The van der Waals surface area contributed by atoms with Gasteiger partial charge in [-0.2, -0.15) is 0 Å². The zero-order valence-electron chi connectivity index (χ0n) is 14.3. The topological polar surface area (TPSA) is 61.2 Å². The van der Waals surface area contributed by atoms with E-state index in [1.807, 2.05) is 43.3 Å². The SMILES string of the molecule is CCCOC(=O)[C@H](C)n1c(-c2ccccc2)nc2ccccc2c1=O. The van der Waals surface area contributed by atoms with E-state index in [2.05, 4.69) is 4.98 Å². The van der Waals surface area contributed by atoms with E-state index in [4.69, 9.17) is 4.74 Å². The van der Waals surface area contributed by atoms with Crippen LogP contribution in [0.3, 0.4) is 0 Å². The lowest BCUT2D eigenvalue weighted by Gasteiger charge is -2.19. The molecule has 3 rings (SSSR count). The Bertz CT molecular complexity index is 948. The number of aromatic nitrogens is 2. The summed E-state index contributed by atoms with van der Waals surface area (Å²) in [5.74, 6) is 0.0310. The van der Waals surface area contributed by atoms with Gasteiger partial charge in [0.25, 0.3) is 5.56 Å². The van der Waals surface area contributed by atoms with Crippen molar-refractivity contribution >= 4 is 16.9 Å². The van der Waals surface area contributed by atoms with Crippen LogP contribution in [0.1, 0.15) is 26.3 Å². The number of hydrogen-bond donors (Lipinski definition) is 0.